The summed E-state index contributed by atoms with van der Waals surface area (Å²) in [6.45, 7) is -1.11. The molecule has 0 amide bonds. The largest absolute Gasteiger partial charge is 0.319 e. The molecule has 1 heterocycles. The molecule has 0 fully saturated rings. The van der Waals surface area contributed by atoms with Gasteiger partial charge in [0.1, 0.15) is 12.2 Å². The number of rotatable bonds is 5. The lowest BCUT2D eigenvalue weighted by Gasteiger charge is -2.15. The molecule has 15 heavy (non-hydrogen) atoms. The third-order valence-electron chi connectivity index (χ3n) is 1.77. The van der Waals surface area contributed by atoms with Gasteiger partial charge < -0.3 is 5.32 Å². The average molecular weight is 226 g/mol. The van der Waals surface area contributed by atoms with Crippen molar-refractivity contribution in [1.29, 1.82) is 0 Å². The second-order valence-electron chi connectivity index (χ2n) is 2.97. The molecule has 0 aliphatic heterocycles. The molecule has 0 aromatic carbocycles. The molecule has 4 nitrogen and oxygen atoms in total. The van der Waals surface area contributed by atoms with Crippen LogP contribution in [0.15, 0.2) is 6.33 Å². The van der Waals surface area contributed by atoms with Gasteiger partial charge in [0.05, 0.1) is 13.1 Å². The van der Waals surface area contributed by atoms with Crippen LogP contribution in [-0.4, -0.2) is 33.7 Å². The summed E-state index contributed by atoms with van der Waals surface area (Å²) in [5.41, 5.74) is 0. The molecule has 0 aliphatic carbocycles. The molecule has 86 valence electrons. The summed E-state index contributed by atoms with van der Waals surface area (Å²) in [4.78, 5) is 3.74. The van der Waals surface area contributed by atoms with Crippen molar-refractivity contribution in [3.8, 4) is 0 Å². The topological polar surface area (TPSA) is 42.7 Å². The fourth-order valence-electron chi connectivity index (χ4n) is 0.898. The number of nitrogens with zero attached hydrogens (tertiary/aromatic N) is 3. The van der Waals surface area contributed by atoms with Crippen LogP contribution in [0.25, 0.3) is 0 Å². The minimum absolute atomic E-state index is 0.0290. The van der Waals surface area contributed by atoms with Crippen molar-refractivity contribution in [2.75, 3.05) is 6.54 Å². The number of halogens is 4. The van der Waals surface area contributed by atoms with E-state index in [0.29, 0.717) is 5.82 Å². The first-order valence-corrected chi connectivity index (χ1v) is 4.13. The number of hydrogen-bond donors (Lipinski definition) is 1. The highest BCUT2D eigenvalue weighted by molar-refractivity contribution is 4.83. The van der Waals surface area contributed by atoms with E-state index in [0.717, 1.165) is 0 Å². The summed E-state index contributed by atoms with van der Waals surface area (Å²) in [6, 6.07) is 0. The van der Waals surface area contributed by atoms with E-state index in [1.165, 1.54) is 11.0 Å². The molecule has 1 N–H and O–H groups in total. The Morgan fingerprint density at radius 1 is 1.53 bits per heavy atom. The normalized spacial score (nSPS) is 12.4. The van der Waals surface area contributed by atoms with Crippen LogP contribution < -0.4 is 5.32 Å². The van der Waals surface area contributed by atoms with E-state index in [-0.39, 0.29) is 6.54 Å². The second kappa shape index (κ2) is 4.56. The molecule has 0 saturated carbocycles. The van der Waals surface area contributed by atoms with E-state index in [1.54, 1.807) is 7.05 Å². The molecule has 0 unspecified atom stereocenters. The van der Waals surface area contributed by atoms with Crippen molar-refractivity contribution in [2.24, 2.45) is 7.05 Å². The Hall–Kier alpha value is -1.18. The van der Waals surface area contributed by atoms with Gasteiger partial charge in [0, 0.05) is 7.05 Å². The smallest absolute Gasteiger partial charge is 0.304 e. The van der Waals surface area contributed by atoms with Crippen LogP contribution in [0.3, 0.4) is 0 Å². The van der Waals surface area contributed by atoms with Crippen LogP contribution in [0.4, 0.5) is 17.6 Å². The van der Waals surface area contributed by atoms with Crippen LogP contribution in [0.2, 0.25) is 0 Å². The second-order valence-corrected chi connectivity index (χ2v) is 2.97. The van der Waals surface area contributed by atoms with Crippen LogP contribution in [0.5, 0.6) is 0 Å². The molecule has 0 spiro atoms. The maximum Gasteiger partial charge on any atom is 0.319 e. The van der Waals surface area contributed by atoms with Gasteiger partial charge in [0.25, 0.3) is 0 Å². The molecule has 0 radical (unpaired) electrons. The molecular weight excluding hydrogens is 216 g/mol. The fourth-order valence-corrected chi connectivity index (χ4v) is 0.898. The summed E-state index contributed by atoms with van der Waals surface area (Å²) in [6.07, 6.45) is -2.41. The van der Waals surface area contributed by atoms with E-state index in [2.05, 4.69) is 15.4 Å². The Morgan fingerprint density at radius 2 is 2.20 bits per heavy atom. The lowest BCUT2D eigenvalue weighted by Crippen LogP contribution is -2.38. The summed E-state index contributed by atoms with van der Waals surface area (Å²) in [7, 11) is 1.58. The Bertz CT molecular complexity index is 312. The highest BCUT2D eigenvalue weighted by atomic mass is 19.3. The predicted molar refractivity (Wildman–Crippen MR) is 43.7 cm³/mol. The van der Waals surface area contributed by atoms with Gasteiger partial charge in [-0.05, 0) is 0 Å². The van der Waals surface area contributed by atoms with Gasteiger partial charge in [-0.3, -0.25) is 4.68 Å². The quantitative estimate of drug-likeness (QED) is 0.755. The maximum atomic E-state index is 12.4. The molecule has 8 heteroatoms. The van der Waals surface area contributed by atoms with Gasteiger partial charge in [-0.1, -0.05) is 0 Å². The van der Waals surface area contributed by atoms with Gasteiger partial charge in [-0.2, -0.15) is 13.9 Å². The SMILES string of the molecule is Cn1ncnc1CNCC(F)(F)C(F)F. The molecule has 0 atom stereocenters. The zero-order valence-corrected chi connectivity index (χ0v) is 7.92. The van der Waals surface area contributed by atoms with Crippen molar-refractivity contribution in [3.05, 3.63) is 12.2 Å². The average Bonchev–Trinajstić information content (AvgIpc) is 2.51. The van der Waals surface area contributed by atoms with Gasteiger partial charge in [-0.25, -0.2) is 13.8 Å². The van der Waals surface area contributed by atoms with Crippen molar-refractivity contribution >= 4 is 0 Å². The Labute approximate surface area is 83.3 Å². The summed E-state index contributed by atoms with van der Waals surface area (Å²) < 4.78 is 49.7. The number of nitrogens with one attached hydrogen (secondary N) is 1. The first kappa shape index (κ1) is 11.9. The van der Waals surface area contributed by atoms with Crippen molar-refractivity contribution in [1.82, 2.24) is 20.1 Å². The minimum atomic E-state index is -4.02. The van der Waals surface area contributed by atoms with E-state index in [4.69, 9.17) is 0 Å². The molecule has 0 saturated heterocycles. The highest BCUT2D eigenvalue weighted by Crippen LogP contribution is 2.21. The zero-order valence-electron chi connectivity index (χ0n) is 7.92. The van der Waals surface area contributed by atoms with Crippen molar-refractivity contribution in [2.45, 2.75) is 18.9 Å². The molecule has 1 aromatic rings. The summed E-state index contributed by atoms with van der Waals surface area (Å²) >= 11 is 0. The van der Waals surface area contributed by atoms with Crippen LogP contribution in [0, 0.1) is 0 Å². The van der Waals surface area contributed by atoms with Crippen molar-refractivity contribution < 1.29 is 17.6 Å². The fraction of sp³-hybridized carbons (Fsp3) is 0.714. The Kier molecular flexibility index (Phi) is 3.61. The first-order valence-electron chi connectivity index (χ1n) is 4.13. The van der Waals surface area contributed by atoms with Crippen molar-refractivity contribution in [3.63, 3.8) is 0 Å². The highest BCUT2D eigenvalue weighted by Gasteiger charge is 2.40. The van der Waals surface area contributed by atoms with E-state index >= 15 is 0 Å². The van der Waals surface area contributed by atoms with Gasteiger partial charge in [-0.15, -0.1) is 0 Å². The standard InChI is InChI=1S/C7H10F4N4/c1-15-5(13-4-14-15)2-12-3-7(10,11)6(8)9/h4,6,12H,2-3H2,1H3. The van der Waals surface area contributed by atoms with Crippen LogP contribution in [0.1, 0.15) is 5.82 Å². The third kappa shape index (κ3) is 3.15. The van der Waals surface area contributed by atoms with Gasteiger partial charge >= 0.3 is 12.3 Å². The van der Waals surface area contributed by atoms with E-state index in [1.807, 2.05) is 0 Å². The van der Waals surface area contributed by atoms with E-state index < -0.39 is 18.9 Å². The van der Waals surface area contributed by atoms with E-state index in [9.17, 15) is 17.6 Å². The predicted octanol–water partition coefficient (Wildman–Crippen LogP) is 0.805. The lowest BCUT2D eigenvalue weighted by molar-refractivity contribution is -0.125. The number of aryl methyl sites for hydroxylation is 1. The molecule has 1 aromatic heterocycles. The third-order valence-corrected chi connectivity index (χ3v) is 1.77. The lowest BCUT2D eigenvalue weighted by atomic mass is 10.3. The number of aromatic nitrogens is 3. The van der Waals surface area contributed by atoms with Gasteiger partial charge in [0.2, 0.25) is 0 Å². The van der Waals surface area contributed by atoms with Crippen LogP contribution in [-0.2, 0) is 13.6 Å². The minimum Gasteiger partial charge on any atom is -0.304 e. The zero-order chi connectivity index (χ0) is 11.5. The molecular formula is C7H10F4N4. The molecule has 1 rings (SSSR count). The molecule has 0 bridgehead atoms. The number of hydrogen-bond acceptors (Lipinski definition) is 3. The first-order chi connectivity index (χ1) is 6.93. The maximum absolute atomic E-state index is 12.4. The number of alkyl halides is 4. The Morgan fingerprint density at radius 3 is 2.67 bits per heavy atom. The Balaban J connectivity index is 2.37. The van der Waals surface area contributed by atoms with Crippen LogP contribution >= 0.6 is 0 Å². The summed E-state index contributed by atoms with van der Waals surface area (Å²) in [5.74, 6) is -3.61. The molecule has 0 aliphatic rings. The monoisotopic (exact) mass is 226 g/mol. The summed E-state index contributed by atoms with van der Waals surface area (Å²) in [5, 5.41) is 5.89. The van der Waals surface area contributed by atoms with Gasteiger partial charge in [0.15, 0.2) is 0 Å².